The van der Waals surface area contributed by atoms with E-state index in [-0.39, 0.29) is 10.5 Å². The largest absolute Gasteiger partial charge is 0.325 e. The van der Waals surface area contributed by atoms with Gasteiger partial charge in [-0.1, -0.05) is 36.0 Å². The molecule has 0 spiro atoms. The predicted molar refractivity (Wildman–Crippen MR) is 120 cm³/mol. The van der Waals surface area contributed by atoms with Crippen molar-refractivity contribution in [2.24, 2.45) is 0 Å². The zero-order valence-electron chi connectivity index (χ0n) is 17.0. The van der Waals surface area contributed by atoms with Crippen LogP contribution in [0.2, 0.25) is 0 Å². The van der Waals surface area contributed by atoms with Gasteiger partial charge in [0.25, 0.3) is 15.9 Å². The van der Waals surface area contributed by atoms with Gasteiger partial charge in [-0.3, -0.25) is 9.59 Å². The van der Waals surface area contributed by atoms with Crippen molar-refractivity contribution in [3.8, 4) is 0 Å². The second-order valence-corrected chi connectivity index (χ2v) is 10.2. The molecule has 0 atom stereocenters. The van der Waals surface area contributed by atoms with Gasteiger partial charge in [0.2, 0.25) is 5.91 Å². The Morgan fingerprint density at radius 2 is 1.71 bits per heavy atom. The first kappa shape index (κ1) is 21.1. The number of carbonyl (C=O) groups is 2. The van der Waals surface area contributed by atoms with Crippen LogP contribution in [0.4, 0.5) is 5.69 Å². The maximum absolute atomic E-state index is 12.6. The molecule has 1 N–H and O–H groups in total. The monoisotopic (exact) mass is 452 g/mol. The topological polar surface area (TPSA) is 83.6 Å². The number of amides is 2. The average molecular weight is 453 g/mol. The number of carbonyl (C=O) groups excluding carboxylic acids is 2. The van der Waals surface area contributed by atoms with Crippen LogP contribution in [0.1, 0.15) is 21.5 Å². The molecule has 0 aromatic heterocycles. The van der Waals surface area contributed by atoms with E-state index in [2.05, 4.69) is 30.4 Å². The summed E-state index contributed by atoms with van der Waals surface area (Å²) in [5.74, 6) is -1.27. The van der Waals surface area contributed by atoms with E-state index >= 15 is 0 Å². The number of nitrogens with one attached hydrogen (secondary N) is 1. The van der Waals surface area contributed by atoms with E-state index in [9.17, 15) is 18.0 Å². The first-order chi connectivity index (χ1) is 14.8. The molecule has 0 saturated heterocycles. The first-order valence-corrected chi connectivity index (χ1v) is 11.8. The van der Waals surface area contributed by atoms with Crippen molar-refractivity contribution >= 4 is 39.3 Å². The van der Waals surface area contributed by atoms with Crippen molar-refractivity contribution in [1.29, 1.82) is 0 Å². The van der Waals surface area contributed by atoms with Gasteiger partial charge < -0.3 is 5.32 Å². The second-order valence-electron chi connectivity index (χ2n) is 7.26. The zero-order chi connectivity index (χ0) is 22.2. The third-order valence-corrected chi connectivity index (χ3v) is 7.86. The average Bonchev–Trinajstić information content (AvgIpc) is 2.93. The molecule has 4 rings (SSSR count). The Labute approximate surface area is 185 Å². The summed E-state index contributed by atoms with van der Waals surface area (Å²) in [6.07, 6.45) is 0. The van der Waals surface area contributed by atoms with Crippen LogP contribution in [0.3, 0.4) is 0 Å². The molecule has 0 saturated carbocycles. The minimum Gasteiger partial charge on any atom is -0.325 e. The molecule has 0 unspecified atom stereocenters. The summed E-state index contributed by atoms with van der Waals surface area (Å²) in [7, 11) is -4.01. The number of fused-ring (bicyclic) bond motifs is 1. The van der Waals surface area contributed by atoms with E-state index in [1.54, 1.807) is 36.0 Å². The lowest BCUT2D eigenvalue weighted by molar-refractivity contribution is -0.116. The van der Waals surface area contributed by atoms with Crippen molar-refractivity contribution in [1.82, 2.24) is 4.31 Å². The van der Waals surface area contributed by atoms with Crippen molar-refractivity contribution in [3.05, 3.63) is 83.4 Å². The fourth-order valence-electron chi connectivity index (χ4n) is 3.27. The van der Waals surface area contributed by atoms with E-state index in [0.717, 1.165) is 9.79 Å². The lowest BCUT2D eigenvalue weighted by Gasteiger charge is -2.15. The molecule has 3 aromatic carbocycles. The minimum absolute atomic E-state index is 0.0689. The summed E-state index contributed by atoms with van der Waals surface area (Å²) in [5, 5.41) is 2.66. The fourth-order valence-corrected chi connectivity index (χ4v) is 5.79. The van der Waals surface area contributed by atoms with E-state index in [4.69, 9.17) is 0 Å². The van der Waals surface area contributed by atoms with Crippen molar-refractivity contribution in [2.45, 2.75) is 28.5 Å². The number of aryl methyl sites for hydroxylation is 2. The van der Waals surface area contributed by atoms with Crippen molar-refractivity contribution in [2.75, 3.05) is 11.9 Å². The minimum atomic E-state index is -4.01. The van der Waals surface area contributed by atoms with Crippen molar-refractivity contribution in [3.63, 3.8) is 0 Å². The summed E-state index contributed by atoms with van der Waals surface area (Å²) >= 11 is 1.63. The summed E-state index contributed by atoms with van der Waals surface area (Å²) < 4.78 is 25.8. The van der Waals surface area contributed by atoms with Crippen LogP contribution in [0.25, 0.3) is 0 Å². The first-order valence-electron chi connectivity index (χ1n) is 9.57. The molecule has 6 nitrogen and oxygen atoms in total. The van der Waals surface area contributed by atoms with Crippen LogP contribution in [0, 0.1) is 13.8 Å². The Balaban J connectivity index is 1.43. The third-order valence-electron chi connectivity index (χ3n) is 4.91. The number of nitrogens with zero attached hydrogens (tertiary/aromatic N) is 1. The Kier molecular flexibility index (Phi) is 5.60. The molecule has 0 fully saturated rings. The Morgan fingerprint density at radius 1 is 1.00 bits per heavy atom. The van der Waals surface area contributed by atoms with Crippen LogP contribution in [0.15, 0.2) is 81.4 Å². The number of anilines is 1. The summed E-state index contributed by atoms with van der Waals surface area (Å²) in [6, 6.07) is 19.5. The highest BCUT2D eigenvalue weighted by atomic mass is 32.2. The molecule has 0 aliphatic carbocycles. The second kappa shape index (κ2) is 8.20. The van der Waals surface area contributed by atoms with Crippen LogP contribution in [-0.4, -0.2) is 31.1 Å². The molecule has 2 amide bonds. The molecule has 158 valence electrons. The molecular formula is C23H20N2O4S2. The van der Waals surface area contributed by atoms with Gasteiger partial charge in [-0.05, 0) is 67.4 Å². The molecule has 8 heteroatoms. The molecule has 0 radical (unpaired) electrons. The van der Waals surface area contributed by atoms with Gasteiger partial charge in [0.05, 0.1) is 5.56 Å². The van der Waals surface area contributed by atoms with E-state index < -0.39 is 28.4 Å². The standard InChI is InChI=1S/C23H20N2O4S2/c1-15-7-8-16(2)20(13-15)30-18-11-9-17(10-12-18)24-22(26)14-25-23(27)19-5-3-4-6-21(19)31(25,28)29/h3-13H,14H2,1-2H3,(H,24,26). The molecule has 1 heterocycles. The van der Waals surface area contributed by atoms with Gasteiger partial charge in [-0.25, -0.2) is 12.7 Å². The van der Waals surface area contributed by atoms with E-state index in [1.807, 2.05) is 19.1 Å². The molecule has 1 aliphatic rings. The highest BCUT2D eigenvalue weighted by molar-refractivity contribution is 7.99. The number of rotatable bonds is 5. The highest BCUT2D eigenvalue weighted by Crippen LogP contribution is 2.32. The van der Waals surface area contributed by atoms with Gasteiger partial charge in [0, 0.05) is 15.5 Å². The van der Waals surface area contributed by atoms with Gasteiger partial charge >= 0.3 is 0 Å². The normalized spacial score (nSPS) is 14.4. The molecule has 31 heavy (non-hydrogen) atoms. The van der Waals surface area contributed by atoms with Gasteiger partial charge in [-0.15, -0.1) is 0 Å². The third kappa shape index (κ3) is 4.22. The number of sulfonamides is 1. The summed E-state index contributed by atoms with van der Waals surface area (Å²) in [5.41, 5.74) is 2.98. The molecule has 0 bridgehead atoms. The fraction of sp³-hybridized carbons (Fsp3) is 0.130. The smallest absolute Gasteiger partial charge is 0.269 e. The van der Waals surface area contributed by atoms with Gasteiger partial charge in [0.1, 0.15) is 11.4 Å². The number of hydrogen-bond acceptors (Lipinski definition) is 5. The van der Waals surface area contributed by atoms with Crippen molar-refractivity contribution < 1.29 is 18.0 Å². The maximum Gasteiger partial charge on any atom is 0.269 e. The van der Waals surface area contributed by atoms with Crippen LogP contribution >= 0.6 is 11.8 Å². The Morgan fingerprint density at radius 3 is 2.42 bits per heavy atom. The van der Waals surface area contributed by atoms with Crippen LogP contribution in [-0.2, 0) is 14.8 Å². The quantitative estimate of drug-likeness (QED) is 0.626. The lowest BCUT2D eigenvalue weighted by Crippen LogP contribution is -2.37. The molecule has 1 aliphatic heterocycles. The van der Waals surface area contributed by atoms with Crippen LogP contribution < -0.4 is 5.32 Å². The Hall–Kier alpha value is -3.10. The van der Waals surface area contributed by atoms with Gasteiger partial charge in [-0.2, -0.15) is 0 Å². The SMILES string of the molecule is Cc1ccc(C)c(Sc2ccc(NC(=O)CN3C(=O)c4ccccc4S3(=O)=O)cc2)c1. The highest BCUT2D eigenvalue weighted by Gasteiger charge is 2.41. The summed E-state index contributed by atoms with van der Waals surface area (Å²) in [4.78, 5) is 27.0. The molecule has 3 aromatic rings. The Bertz CT molecular complexity index is 1290. The zero-order valence-corrected chi connectivity index (χ0v) is 18.6. The summed E-state index contributed by atoms with van der Waals surface area (Å²) in [6.45, 7) is 3.53. The van der Waals surface area contributed by atoms with E-state index in [0.29, 0.717) is 9.99 Å². The van der Waals surface area contributed by atoms with Crippen LogP contribution in [0.5, 0.6) is 0 Å². The number of hydrogen-bond donors (Lipinski definition) is 1. The van der Waals surface area contributed by atoms with Gasteiger partial charge in [0.15, 0.2) is 0 Å². The molecular weight excluding hydrogens is 432 g/mol. The predicted octanol–water partition coefficient (Wildman–Crippen LogP) is 4.24. The lowest BCUT2D eigenvalue weighted by atomic mass is 10.2. The number of benzene rings is 3. The van der Waals surface area contributed by atoms with E-state index in [1.165, 1.54) is 23.3 Å². The maximum atomic E-state index is 12.6.